The van der Waals surface area contributed by atoms with Gasteiger partial charge >= 0.3 is 0 Å². The third-order valence-electron chi connectivity index (χ3n) is 1.97. The van der Waals surface area contributed by atoms with Gasteiger partial charge in [0, 0.05) is 6.54 Å². The Morgan fingerprint density at radius 1 is 1.56 bits per heavy atom. The van der Waals surface area contributed by atoms with Gasteiger partial charge in [0.25, 0.3) is 5.91 Å². The average molecular weight is 265 g/mol. The van der Waals surface area contributed by atoms with Crippen LogP contribution in [0.15, 0.2) is 11.4 Å². The summed E-state index contributed by atoms with van der Waals surface area (Å²) in [6, 6.07) is 1.79. The summed E-state index contributed by atoms with van der Waals surface area (Å²) in [5.74, 6) is 0.565. The molecule has 1 aromatic rings. The first kappa shape index (κ1) is 15.2. The van der Waals surface area contributed by atoms with Crippen molar-refractivity contribution in [2.45, 2.75) is 12.8 Å². The molecule has 4 nitrogen and oxygen atoms in total. The number of nitrogens with one attached hydrogen (secondary N) is 1. The molecule has 16 heavy (non-hydrogen) atoms. The van der Waals surface area contributed by atoms with Gasteiger partial charge < -0.3 is 15.8 Å². The van der Waals surface area contributed by atoms with Gasteiger partial charge in [-0.2, -0.15) is 0 Å². The predicted molar refractivity (Wildman–Crippen MR) is 68.7 cm³/mol. The van der Waals surface area contributed by atoms with Gasteiger partial charge in [-0.25, -0.2) is 0 Å². The number of amides is 1. The van der Waals surface area contributed by atoms with Gasteiger partial charge in [0.1, 0.15) is 10.6 Å². The first-order valence-corrected chi connectivity index (χ1v) is 5.77. The van der Waals surface area contributed by atoms with Crippen molar-refractivity contribution in [2.24, 2.45) is 5.73 Å². The highest BCUT2D eigenvalue weighted by Gasteiger charge is 2.12. The van der Waals surface area contributed by atoms with Crippen molar-refractivity contribution in [1.29, 1.82) is 0 Å². The highest BCUT2D eigenvalue weighted by molar-refractivity contribution is 7.12. The first-order chi connectivity index (χ1) is 7.29. The third kappa shape index (κ3) is 4.38. The van der Waals surface area contributed by atoms with Gasteiger partial charge in [0.2, 0.25) is 0 Å². The molecular weight excluding hydrogens is 248 g/mol. The minimum Gasteiger partial charge on any atom is -0.495 e. The summed E-state index contributed by atoms with van der Waals surface area (Å²) in [7, 11) is 1.56. The molecule has 6 heteroatoms. The molecule has 0 radical (unpaired) electrons. The summed E-state index contributed by atoms with van der Waals surface area (Å²) in [6.45, 7) is 1.33. The van der Waals surface area contributed by atoms with E-state index in [9.17, 15) is 4.79 Å². The molecule has 0 saturated carbocycles. The minimum atomic E-state index is -0.0705. The molecule has 1 amide bonds. The van der Waals surface area contributed by atoms with Crippen LogP contribution < -0.4 is 15.8 Å². The van der Waals surface area contributed by atoms with E-state index in [2.05, 4.69) is 5.32 Å². The highest BCUT2D eigenvalue weighted by Crippen LogP contribution is 2.23. The number of hydrogen-bond donors (Lipinski definition) is 2. The van der Waals surface area contributed by atoms with Crippen LogP contribution in [-0.2, 0) is 0 Å². The fourth-order valence-electron chi connectivity index (χ4n) is 1.18. The van der Waals surface area contributed by atoms with Crippen molar-refractivity contribution in [2.75, 3.05) is 20.2 Å². The fraction of sp³-hybridized carbons (Fsp3) is 0.500. The molecule has 0 bridgehead atoms. The Bertz CT molecular complexity index is 318. The minimum absolute atomic E-state index is 0. The molecule has 1 rings (SSSR count). The molecule has 0 spiro atoms. The van der Waals surface area contributed by atoms with E-state index in [4.69, 9.17) is 10.5 Å². The zero-order chi connectivity index (χ0) is 11.1. The lowest BCUT2D eigenvalue weighted by Crippen LogP contribution is -2.24. The number of methoxy groups -OCH3 is 1. The number of rotatable bonds is 6. The van der Waals surface area contributed by atoms with E-state index in [1.165, 1.54) is 11.3 Å². The normalized spacial score (nSPS) is 9.38. The molecule has 0 aliphatic carbocycles. The average Bonchev–Trinajstić information content (AvgIpc) is 2.72. The van der Waals surface area contributed by atoms with E-state index >= 15 is 0 Å². The van der Waals surface area contributed by atoms with Crippen LogP contribution in [0.1, 0.15) is 22.5 Å². The van der Waals surface area contributed by atoms with Crippen molar-refractivity contribution in [1.82, 2.24) is 5.32 Å². The van der Waals surface area contributed by atoms with Gasteiger partial charge in [-0.05, 0) is 30.8 Å². The zero-order valence-electron chi connectivity index (χ0n) is 9.19. The summed E-state index contributed by atoms with van der Waals surface area (Å²) in [6.07, 6.45) is 1.85. The Kier molecular flexibility index (Phi) is 7.97. The molecule has 1 heterocycles. The summed E-state index contributed by atoms with van der Waals surface area (Å²) in [5.41, 5.74) is 5.35. The molecule has 3 N–H and O–H groups in total. The number of unbranched alkanes of at least 4 members (excludes halogenated alkanes) is 1. The zero-order valence-corrected chi connectivity index (χ0v) is 10.8. The lowest BCUT2D eigenvalue weighted by Gasteiger charge is -2.04. The fourth-order valence-corrected chi connectivity index (χ4v) is 1.95. The lowest BCUT2D eigenvalue weighted by molar-refractivity contribution is 0.0954. The quantitative estimate of drug-likeness (QED) is 0.768. The van der Waals surface area contributed by atoms with Crippen molar-refractivity contribution < 1.29 is 9.53 Å². The van der Waals surface area contributed by atoms with E-state index in [0.717, 1.165) is 12.8 Å². The van der Waals surface area contributed by atoms with Gasteiger partial charge in [0.15, 0.2) is 0 Å². The van der Waals surface area contributed by atoms with E-state index in [0.29, 0.717) is 23.7 Å². The number of ether oxygens (including phenoxy) is 1. The van der Waals surface area contributed by atoms with Gasteiger partial charge in [-0.1, -0.05) is 0 Å². The topological polar surface area (TPSA) is 64.3 Å². The SMILES string of the molecule is COc1ccsc1C(=O)NCCCCN.Cl. The van der Waals surface area contributed by atoms with Crippen molar-refractivity contribution in [3.63, 3.8) is 0 Å². The van der Waals surface area contributed by atoms with Crippen LogP contribution >= 0.6 is 23.7 Å². The number of carbonyl (C=O) groups is 1. The van der Waals surface area contributed by atoms with Crippen LogP contribution in [0.25, 0.3) is 0 Å². The van der Waals surface area contributed by atoms with Crippen molar-refractivity contribution in [3.05, 3.63) is 16.3 Å². The largest absolute Gasteiger partial charge is 0.495 e. The molecule has 0 aliphatic heterocycles. The highest BCUT2D eigenvalue weighted by atomic mass is 35.5. The molecule has 0 atom stereocenters. The Morgan fingerprint density at radius 2 is 2.31 bits per heavy atom. The number of hydrogen-bond acceptors (Lipinski definition) is 4. The Labute approximate surface area is 106 Å². The second-order valence-electron chi connectivity index (χ2n) is 3.07. The Morgan fingerprint density at radius 3 is 2.94 bits per heavy atom. The van der Waals surface area contributed by atoms with Crippen molar-refractivity contribution in [3.8, 4) is 5.75 Å². The predicted octanol–water partition coefficient (Wildman–Crippen LogP) is 1.65. The molecule has 1 aromatic heterocycles. The molecule has 0 aliphatic rings. The Balaban J connectivity index is 0.00000225. The third-order valence-corrected chi connectivity index (χ3v) is 2.87. The molecular formula is C10H17ClN2O2S. The summed E-state index contributed by atoms with van der Waals surface area (Å²) >= 11 is 1.38. The molecule has 0 aromatic carbocycles. The summed E-state index contributed by atoms with van der Waals surface area (Å²) in [4.78, 5) is 12.3. The maximum absolute atomic E-state index is 11.6. The van der Waals surface area contributed by atoms with Crippen LogP contribution in [0.3, 0.4) is 0 Å². The number of thiophene rings is 1. The maximum Gasteiger partial charge on any atom is 0.265 e. The van der Waals surface area contributed by atoms with Crippen LogP contribution in [0, 0.1) is 0 Å². The standard InChI is InChI=1S/C10H16N2O2S.ClH/c1-14-8-4-7-15-9(8)10(13)12-6-3-2-5-11;/h4,7H,2-3,5-6,11H2,1H3,(H,12,13);1H. The molecule has 0 fully saturated rings. The van der Waals surface area contributed by atoms with E-state index in [1.54, 1.807) is 13.2 Å². The second kappa shape index (κ2) is 8.38. The molecule has 0 saturated heterocycles. The van der Waals surface area contributed by atoms with E-state index in [-0.39, 0.29) is 18.3 Å². The first-order valence-electron chi connectivity index (χ1n) is 4.89. The molecule has 0 unspecified atom stereocenters. The van der Waals surface area contributed by atoms with Crippen LogP contribution in [-0.4, -0.2) is 26.1 Å². The van der Waals surface area contributed by atoms with E-state index < -0.39 is 0 Å². The van der Waals surface area contributed by atoms with Gasteiger partial charge in [-0.3, -0.25) is 4.79 Å². The smallest absolute Gasteiger partial charge is 0.265 e. The van der Waals surface area contributed by atoms with Crippen LogP contribution in [0.5, 0.6) is 5.75 Å². The number of halogens is 1. The maximum atomic E-state index is 11.6. The summed E-state index contributed by atoms with van der Waals surface area (Å²) < 4.78 is 5.06. The monoisotopic (exact) mass is 264 g/mol. The summed E-state index contributed by atoms with van der Waals surface area (Å²) in [5, 5.41) is 4.67. The van der Waals surface area contributed by atoms with Crippen LogP contribution in [0.2, 0.25) is 0 Å². The van der Waals surface area contributed by atoms with Crippen molar-refractivity contribution >= 4 is 29.7 Å². The number of nitrogens with two attached hydrogens (primary N) is 1. The van der Waals surface area contributed by atoms with Crippen LogP contribution in [0.4, 0.5) is 0 Å². The lowest BCUT2D eigenvalue weighted by atomic mass is 10.3. The second-order valence-corrected chi connectivity index (χ2v) is 3.99. The molecule has 92 valence electrons. The van der Waals surface area contributed by atoms with E-state index in [1.807, 2.05) is 5.38 Å². The van der Waals surface area contributed by atoms with Gasteiger partial charge in [-0.15, -0.1) is 23.7 Å². The number of carbonyl (C=O) groups excluding carboxylic acids is 1. The van der Waals surface area contributed by atoms with Gasteiger partial charge in [0.05, 0.1) is 7.11 Å². The Hall–Kier alpha value is -0.780.